The molecule has 4 heteroatoms. The van der Waals surface area contributed by atoms with Crippen LogP contribution < -0.4 is 4.74 Å². The standard InChI is InChI=1S/C17H28N2O2/c1-12(2)19-11-15(10-18-19)21-17-8-4-6-14-9-13(14)5-3-7-16(17)20/h10-14,16-17,20H,3-9H2,1-2H3/t13-,14+,16-,17-/m1/s1. The maximum atomic E-state index is 10.4. The molecule has 2 aliphatic carbocycles. The van der Waals surface area contributed by atoms with Crippen LogP contribution in [0.5, 0.6) is 5.75 Å². The van der Waals surface area contributed by atoms with Gasteiger partial charge in [-0.3, -0.25) is 4.68 Å². The molecule has 2 saturated carbocycles. The van der Waals surface area contributed by atoms with E-state index >= 15 is 0 Å². The highest BCUT2D eigenvalue weighted by Gasteiger charge is 2.37. The normalized spacial score (nSPS) is 33.5. The summed E-state index contributed by atoms with van der Waals surface area (Å²) in [4.78, 5) is 0. The smallest absolute Gasteiger partial charge is 0.157 e. The SMILES string of the molecule is CC(C)n1cc(O[C@@H]2CCC[C@H]3C[C@H]3CCC[C@H]2O)cn1. The van der Waals surface area contributed by atoms with Crippen molar-refractivity contribution in [3.63, 3.8) is 0 Å². The zero-order valence-electron chi connectivity index (χ0n) is 13.2. The molecule has 0 amide bonds. The maximum absolute atomic E-state index is 10.4. The highest BCUT2D eigenvalue weighted by atomic mass is 16.5. The minimum Gasteiger partial charge on any atom is -0.484 e. The molecule has 4 atom stereocenters. The Kier molecular flexibility index (Phi) is 4.53. The Balaban J connectivity index is 1.60. The lowest BCUT2D eigenvalue weighted by Gasteiger charge is -2.24. The van der Waals surface area contributed by atoms with Crippen LogP contribution in [-0.2, 0) is 0 Å². The Morgan fingerprint density at radius 1 is 1.19 bits per heavy atom. The monoisotopic (exact) mass is 292 g/mol. The van der Waals surface area contributed by atoms with Crippen LogP contribution in [-0.4, -0.2) is 27.1 Å². The molecule has 0 saturated heterocycles. The first-order chi connectivity index (χ1) is 10.1. The topological polar surface area (TPSA) is 47.3 Å². The highest BCUT2D eigenvalue weighted by molar-refractivity contribution is 5.13. The number of rotatable bonds is 3. The van der Waals surface area contributed by atoms with E-state index in [0.29, 0.717) is 6.04 Å². The number of nitrogens with zero attached hydrogens (tertiary/aromatic N) is 2. The van der Waals surface area contributed by atoms with Crippen molar-refractivity contribution in [2.75, 3.05) is 0 Å². The minimum absolute atomic E-state index is 0.0786. The minimum atomic E-state index is -0.345. The van der Waals surface area contributed by atoms with Crippen molar-refractivity contribution in [3.05, 3.63) is 12.4 Å². The van der Waals surface area contributed by atoms with Gasteiger partial charge in [-0.05, 0) is 51.4 Å². The molecule has 1 aromatic heterocycles. The highest BCUT2D eigenvalue weighted by Crippen LogP contribution is 2.46. The van der Waals surface area contributed by atoms with Gasteiger partial charge < -0.3 is 9.84 Å². The number of fused-ring (bicyclic) bond motifs is 1. The van der Waals surface area contributed by atoms with E-state index in [9.17, 15) is 5.11 Å². The summed E-state index contributed by atoms with van der Waals surface area (Å²) in [6.45, 7) is 4.20. The Hall–Kier alpha value is -1.03. The van der Waals surface area contributed by atoms with Crippen LogP contribution in [0, 0.1) is 11.8 Å². The fourth-order valence-corrected chi connectivity index (χ4v) is 3.54. The molecule has 1 N–H and O–H groups in total. The van der Waals surface area contributed by atoms with Gasteiger partial charge in [0.1, 0.15) is 6.10 Å². The van der Waals surface area contributed by atoms with Crippen molar-refractivity contribution in [3.8, 4) is 5.75 Å². The Morgan fingerprint density at radius 3 is 2.57 bits per heavy atom. The largest absolute Gasteiger partial charge is 0.484 e. The summed E-state index contributed by atoms with van der Waals surface area (Å²) < 4.78 is 7.95. The summed E-state index contributed by atoms with van der Waals surface area (Å²) in [6, 6.07) is 0.336. The molecule has 0 aliphatic heterocycles. The fraction of sp³-hybridized carbons (Fsp3) is 0.824. The number of ether oxygens (including phenoxy) is 1. The molecule has 0 unspecified atom stereocenters. The Bertz CT molecular complexity index is 457. The van der Waals surface area contributed by atoms with Crippen LogP contribution in [0.25, 0.3) is 0 Å². The number of aliphatic hydroxyl groups excluding tert-OH is 1. The molecule has 21 heavy (non-hydrogen) atoms. The van der Waals surface area contributed by atoms with E-state index in [0.717, 1.165) is 36.8 Å². The summed E-state index contributed by atoms with van der Waals surface area (Å²) in [5.41, 5.74) is 0. The molecule has 3 rings (SSSR count). The molecule has 2 fully saturated rings. The number of aromatic nitrogens is 2. The van der Waals surface area contributed by atoms with Crippen molar-refractivity contribution in [2.24, 2.45) is 11.8 Å². The van der Waals surface area contributed by atoms with Gasteiger partial charge in [-0.1, -0.05) is 19.3 Å². The van der Waals surface area contributed by atoms with Gasteiger partial charge in [-0.25, -0.2) is 0 Å². The van der Waals surface area contributed by atoms with Gasteiger partial charge in [0.15, 0.2) is 5.75 Å². The molecule has 0 bridgehead atoms. The van der Waals surface area contributed by atoms with Gasteiger partial charge in [-0.15, -0.1) is 0 Å². The van der Waals surface area contributed by atoms with Gasteiger partial charge in [-0.2, -0.15) is 5.10 Å². The van der Waals surface area contributed by atoms with Crippen LogP contribution >= 0.6 is 0 Å². The predicted molar refractivity (Wildman–Crippen MR) is 82.3 cm³/mol. The van der Waals surface area contributed by atoms with E-state index in [2.05, 4.69) is 18.9 Å². The van der Waals surface area contributed by atoms with Crippen molar-refractivity contribution < 1.29 is 9.84 Å². The average Bonchev–Trinajstić information content (AvgIpc) is 3.01. The molecule has 4 nitrogen and oxygen atoms in total. The third kappa shape index (κ3) is 3.79. The van der Waals surface area contributed by atoms with Crippen molar-refractivity contribution in [1.82, 2.24) is 9.78 Å². The molecule has 0 spiro atoms. The summed E-state index contributed by atoms with van der Waals surface area (Å²) in [5.74, 6) is 2.71. The summed E-state index contributed by atoms with van der Waals surface area (Å²) in [5, 5.41) is 14.7. The van der Waals surface area contributed by atoms with Gasteiger partial charge in [0.25, 0.3) is 0 Å². The first kappa shape index (κ1) is 14.9. The lowest BCUT2D eigenvalue weighted by molar-refractivity contribution is 0.0216. The van der Waals surface area contributed by atoms with Crippen molar-refractivity contribution >= 4 is 0 Å². The molecule has 0 aromatic carbocycles. The van der Waals surface area contributed by atoms with Crippen LogP contribution in [0.2, 0.25) is 0 Å². The first-order valence-corrected chi connectivity index (χ1v) is 8.52. The second kappa shape index (κ2) is 6.39. The zero-order valence-corrected chi connectivity index (χ0v) is 13.2. The molecule has 1 aromatic rings. The fourth-order valence-electron chi connectivity index (χ4n) is 3.54. The molecule has 0 radical (unpaired) electrons. The summed E-state index contributed by atoms with van der Waals surface area (Å²) in [6.07, 6.45) is 11.4. The van der Waals surface area contributed by atoms with E-state index in [-0.39, 0.29) is 12.2 Å². The van der Waals surface area contributed by atoms with Crippen LogP contribution in [0.4, 0.5) is 0 Å². The van der Waals surface area contributed by atoms with Crippen molar-refractivity contribution in [2.45, 2.75) is 77.0 Å². The predicted octanol–water partition coefficient (Wildman–Crippen LogP) is 3.56. The average molecular weight is 292 g/mol. The number of aliphatic hydroxyl groups is 1. The molecule has 2 aliphatic rings. The zero-order chi connectivity index (χ0) is 14.8. The summed E-state index contributed by atoms with van der Waals surface area (Å²) >= 11 is 0. The lowest BCUT2D eigenvalue weighted by Crippen LogP contribution is -2.32. The quantitative estimate of drug-likeness (QED) is 0.926. The van der Waals surface area contributed by atoms with E-state index in [1.165, 1.54) is 25.7 Å². The van der Waals surface area contributed by atoms with Crippen LogP contribution in [0.15, 0.2) is 12.4 Å². The lowest BCUT2D eigenvalue weighted by atomic mass is 9.97. The Labute approximate surface area is 127 Å². The third-order valence-corrected chi connectivity index (χ3v) is 5.03. The number of hydrogen-bond donors (Lipinski definition) is 1. The van der Waals surface area contributed by atoms with E-state index in [4.69, 9.17) is 4.74 Å². The molecule has 118 valence electrons. The van der Waals surface area contributed by atoms with Gasteiger partial charge >= 0.3 is 0 Å². The van der Waals surface area contributed by atoms with E-state index < -0.39 is 0 Å². The van der Waals surface area contributed by atoms with Gasteiger partial charge in [0.05, 0.1) is 18.5 Å². The van der Waals surface area contributed by atoms with Gasteiger partial charge in [0, 0.05) is 6.04 Å². The van der Waals surface area contributed by atoms with E-state index in [1.807, 2.05) is 10.9 Å². The first-order valence-electron chi connectivity index (χ1n) is 8.52. The third-order valence-electron chi connectivity index (χ3n) is 5.03. The maximum Gasteiger partial charge on any atom is 0.157 e. The second-order valence-corrected chi connectivity index (χ2v) is 7.09. The Morgan fingerprint density at radius 2 is 1.90 bits per heavy atom. The molecular formula is C17H28N2O2. The van der Waals surface area contributed by atoms with Crippen LogP contribution in [0.1, 0.15) is 64.8 Å². The van der Waals surface area contributed by atoms with Crippen LogP contribution in [0.3, 0.4) is 0 Å². The van der Waals surface area contributed by atoms with Crippen molar-refractivity contribution in [1.29, 1.82) is 0 Å². The second-order valence-electron chi connectivity index (χ2n) is 7.09. The number of hydrogen-bond acceptors (Lipinski definition) is 3. The van der Waals surface area contributed by atoms with E-state index in [1.54, 1.807) is 6.20 Å². The van der Waals surface area contributed by atoms with Gasteiger partial charge in [0.2, 0.25) is 0 Å². The molecular weight excluding hydrogens is 264 g/mol. The summed E-state index contributed by atoms with van der Waals surface area (Å²) in [7, 11) is 0. The molecule has 1 heterocycles.